The van der Waals surface area contributed by atoms with Crippen LogP contribution in [-0.2, 0) is 63.7 Å². The highest BCUT2D eigenvalue weighted by Gasteiger charge is 2.45. The molecule has 19 nitrogen and oxygen atoms in total. The summed E-state index contributed by atoms with van der Waals surface area (Å²) in [6, 6.07) is 2.70. The highest BCUT2D eigenvalue weighted by Crippen LogP contribution is 2.41. The second-order valence-corrected chi connectivity index (χ2v) is 20.8. The van der Waals surface area contributed by atoms with Crippen molar-refractivity contribution in [3.05, 3.63) is 80.1 Å². The van der Waals surface area contributed by atoms with E-state index in [-0.39, 0.29) is 73.6 Å². The second-order valence-electron chi connectivity index (χ2n) is 18.9. The molecule has 3 atom stereocenters. The number of rotatable bonds is 23. The van der Waals surface area contributed by atoms with Crippen LogP contribution in [0, 0.1) is 30.5 Å². The molecule has 0 fully saturated rings. The van der Waals surface area contributed by atoms with Crippen molar-refractivity contribution >= 4 is 50.3 Å². The van der Waals surface area contributed by atoms with E-state index in [1.165, 1.54) is 23.0 Å². The fourth-order valence-corrected chi connectivity index (χ4v) is 9.52. The zero-order valence-electron chi connectivity index (χ0n) is 42.6. The molecule has 73 heavy (non-hydrogen) atoms. The van der Waals surface area contributed by atoms with Crippen molar-refractivity contribution in [2.75, 3.05) is 39.0 Å². The Morgan fingerprint density at radius 3 is 2.36 bits per heavy atom. The number of nitrogens with one attached hydrogen (secondary N) is 4. The molecule has 4 aromatic rings. The van der Waals surface area contributed by atoms with Gasteiger partial charge in [0.05, 0.1) is 41.1 Å². The first-order chi connectivity index (χ1) is 34.7. The smallest absolute Gasteiger partial charge is 0.343 e. The molecule has 2 unspecified atom stereocenters. The molecule has 0 saturated heterocycles. The number of aryl methyl sites for hydroxylation is 2. The fraction of sp³-hybridized carbons (Fsp3) is 0.519. The summed E-state index contributed by atoms with van der Waals surface area (Å²) in [5.41, 5.74) is 1.45. The van der Waals surface area contributed by atoms with Crippen molar-refractivity contribution in [2.24, 2.45) is 5.92 Å². The first-order valence-electron chi connectivity index (χ1n) is 24.9. The summed E-state index contributed by atoms with van der Waals surface area (Å²) in [5.74, 6) is 2.18. The van der Waals surface area contributed by atoms with Crippen molar-refractivity contribution in [1.29, 1.82) is 0 Å². The predicted octanol–water partition coefficient (Wildman–Crippen LogP) is 3.25. The van der Waals surface area contributed by atoms with Gasteiger partial charge in [-0.05, 0) is 101 Å². The molecule has 0 spiro atoms. The van der Waals surface area contributed by atoms with Gasteiger partial charge < -0.3 is 40.6 Å². The summed E-state index contributed by atoms with van der Waals surface area (Å²) in [5, 5.41) is 22.9. The number of carbonyl (C=O) groups is 5. The molecule has 6 rings (SSSR count). The van der Waals surface area contributed by atoms with Crippen LogP contribution in [0.15, 0.2) is 40.5 Å². The number of cyclic esters (lactones) is 1. The van der Waals surface area contributed by atoms with Gasteiger partial charge in [0.1, 0.15) is 24.5 Å². The number of aliphatic hydroxyl groups is 1. The first kappa shape index (κ1) is 55.7. The Hall–Kier alpha value is -6.63. The molecule has 0 radical (unpaired) electrons. The van der Waals surface area contributed by atoms with Gasteiger partial charge in [0, 0.05) is 60.6 Å². The molecule has 5 heterocycles. The van der Waals surface area contributed by atoms with Gasteiger partial charge in [-0.2, -0.15) is 0 Å². The summed E-state index contributed by atoms with van der Waals surface area (Å²) < 4.78 is 45.0. The van der Waals surface area contributed by atoms with Crippen LogP contribution >= 0.6 is 0 Å². The minimum atomic E-state index is -3.54. The minimum absolute atomic E-state index is 0.0189. The van der Waals surface area contributed by atoms with Gasteiger partial charge >= 0.3 is 5.97 Å². The van der Waals surface area contributed by atoms with Gasteiger partial charge in [-0.25, -0.2) is 32.6 Å². The Labute approximate surface area is 424 Å². The Morgan fingerprint density at radius 2 is 1.68 bits per heavy atom. The third-order valence-electron chi connectivity index (χ3n) is 13.3. The van der Waals surface area contributed by atoms with Crippen molar-refractivity contribution < 1.29 is 46.6 Å². The highest BCUT2D eigenvalue weighted by molar-refractivity contribution is 7.90. The number of amides is 4. The SMILES string of the molecule is CCN(CC)CCCCC(NC(=O)C(NC(=O)CCCC#Cc1cnc(S(C)(=O)=O)nc1)C(C)C)C(=O)NCC(=O)NCCCc1c2c(nc3cc(F)c(C)cc13)-c1cc3c(c(=O)n1C2)COC(=O)[C@]3(O)CC. The van der Waals surface area contributed by atoms with E-state index in [0.29, 0.717) is 65.5 Å². The molecule has 2 aliphatic rings. The van der Waals surface area contributed by atoms with E-state index < -0.39 is 62.6 Å². The Balaban J connectivity index is 1.06. The third-order valence-corrected chi connectivity index (χ3v) is 14.2. The zero-order valence-corrected chi connectivity index (χ0v) is 43.4. The van der Waals surface area contributed by atoms with Crippen molar-refractivity contribution in [3.63, 3.8) is 0 Å². The average Bonchev–Trinajstić information content (AvgIpc) is 3.72. The summed E-state index contributed by atoms with van der Waals surface area (Å²) >= 11 is 0. The van der Waals surface area contributed by atoms with Gasteiger partial charge in [0.2, 0.25) is 38.6 Å². The number of hydrogen-bond acceptors (Lipinski definition) is 14. The molecule has 0 bridgehead atoms. The first-order valence-corrected chi connectivity index (χ1v) is 26.8. The topological polar surface area (TPSA) is 261 Å². The lowest BCUT2D eigenvalue weighted by Gasteiger charge is -2.31. The van der Waals surface area contributed by atoms with Crippen molar-refractivity contribution in [2.45, 2.75) is 135 Å². The fourth-order valence-electron chi connectivity index (χ4n) is 9.03. The largest absolute Gasteiger partial charge is 0.458 e. The zero-order chi connectivity index (χ0) is 53.2. The Bertz CT molecular complexity index is 2980. The monoisotopic (exact) mass is 1030 g/mol. The number of sulfone groups is 1. The molecule has 392 valence electrons. The van der Waals surface area contributed by atoms with E-state index >= 15 is 4.39 Å². The number of ether oxygens (including phenoxy) is 1. The number of pyridine rings is 2. The number of benzene rings is 1. The lowest BCUT2D eigenvalue weighted by molar-refractivity contribution is -0.172. The van der Waals surface area contributed by atoms with Crippen LogP contribution in [-0.4, -0.2) is 119 Å². The van der Waals surface area contributed by atoms with E-state index in [2.05, 4.69) is 61.8 Å². The number of hydrogen-bond donors (Lipinski definition) is 5. The van der Waals surface area contributed by atoms with Crippen LogP contribution in [0.4, 0.5) is 4.39 Å². The summed E-state index contributed by atoms with van der Waals surface area (Å²) in [7, 11) is -3.54. The van der Waals surface area contributed by atoms with E-state index in [1.54, 1.807) is 39.8 Å². The molecule has 0 aliphatic carbocycles. The molecule has 3 aromatic heterocycles. The van der Waals surface area contributed by atoms with Crippen LogP contribution in [0.2, 0.25) is 0 Å². The van der Waals surface area contributed by atoms with Gasteiger partial charge in [0.15, 0.2) is 5.60 Å². The lowest BCUT2D eigenvalue weighted by atomic mass is 9.86. The second kappa shape index (κ2) is 24.4. The van der Waals surface area contributed by atoms with Crippen molar-refractivity contribution in [3.8, 4) is 23.2 Å². The van der Waals surface area contributed by atoms with Gasteiger partial charge in [0.25, 0.3) is 5.56 Å². The summed E-state index contributed by atoms with van der Waals surface area (Å²) in [4.78, 5) is 95.0. The Kier molecular flexibility index (Phi) is 18.6. The number of fused-ring (bicyclic) bond motifs is 5. The van der Waals surface area contributed by atoms with E-state index in [0.717, 1.165) is 43.4 Å². The molecule has 0 saturated carbocycles. The number of carbonyl (C=O) groups excluding carboxylic acids is 5. The number of esters is 1. The van der Waals surface area contributed by atoms with E-state index in [4.69, 9.17) is 9.72 Å². The average molecular weight is 1030 g/mol. The van der Waals surface area contributed by atoms with Gasteiger partial charge in [-0.15, -0.1) is 0 Å². The number of unbranched alkanes of at least 4 members (excludes halogenated alkanes) is 2. The molecule has 1 aromatic carbocycles. The van der Waals surface area contributed by atoms with E-state index in [9.17, 15) is 42.3 Å². The molecule has 21 heteroatoms. The van der Waals surface area contributed by atoms with Crippen molar-refractivity contribution in [1.82, 2.24) is 45.7 Å². The molecule has 2 aliphatic heterocycles. The quantitative estimate of drug-likeness (QED) is 0.0273. The maximum atomic E-state index is 15.0. The number of aromatic nitrogens is 4. The highest BCUT2D eigenvalue weighted by atomic mass is 32.2. The van der Waals surface area contributed by atoms with Crippen LogP contribution < -0.4 is 26.8 Å². The van der Waals surface area contributed by atoms with Crippen LogP contribution in [0.5, 0.6) is 0 Å². The molecule has 4 amide bonds. The maximum absolute atomic E-state index is 15.0. The minimum Gasteiger partial charge on any atom is -0.458 e. The standard InChI is InChI=1S/C52H66FN9O10S/c1-8-52(69)38-24-42-46-36(29-62(42)49(67)37(38)30-72-50(52)68)34(35-23-32(6)39(53)25-41(35)58-46)18-16-21-54-44(64)28-55-47(65)40(19-14-15-22-61(9-2)10-3)59-48(66)45(31(4)5)60-43(63)20-13-11-12-17-33-26-56-51(57-27-33)73(7,70)71/h23-27,31,40,45,69H,8-11,13-16,18-22,28-30H2,1-7H3,(H,54,64)(H,55,65)(H,59,66)(H,60,63)/t40?,45?,52-/m0/s1. The number of nitrogens with zero attached hydrogens (tertiary/aromatic N) is 5. The maximum Gasteiger partial charge on any atom is 0.343 e. The third kappa shape index (κ3) is 13.3. The van der Waals surface area contributed by atoms with Crippen LogP contribution in [0.25, 0.3) is 22.3 Å². The number of halogens is 1. The molecular weight excluding hydrogens is 962 g/mol. The predicted molar refractivity (Wildman–Crippen MR) is 270 cm³/mol. The molecular formula is C52H66FN9O10S. The van der Waals surface area contributed by atoms with Gasteiger partial charge in [-0.3, -0.25) is 24.0 Å². The van der Waals surface area contributed by atoms with Crippen LogP contribution in [0.3, 0.4) is 0 Å². The summed E-state index contributed by atoms with van der Waals surface area (Å²) in [6.07, 6.45) is 6.87. The van der Waals surface area contributed by atoms with Crippen LogP contribution in [0.1, 0.15) is 119 Å². The van der Waals surface area contributed by atoms with Gasteiger partial charge in [-0.1, -0.05) is 46.5 Å². The normalized spacial score (nSPS) is 15.6. The Morgan fingerprint density at radius 1 is 0.959 bits per heavy atom. The molecule has 5 N–H and O–H groups in total. The van der Waals surface area contributed by atoms with E-state index in [1.807, 2.05) is 0 Å². The summed E-state index contributed by atoms with van der Waals surface area (Å²) in [6.45, 7) is 13.2. The lowest BCUT2D eigenvalue weighted by Crippen LogP contribution is -2.56.